The van der Waals surface area contributed by atoms with Crippen molar-refractivity contribution in [2.24, 2.45) is 0 Å². The molecule has 10 heteroatoms. The Hall–Kier alpha value is -3.11. The molecule has 0 unspecified atom stereocenters. The molecule has 172 valence electrons. The second-order valence-corrected chi connectivity index (χ2v) is 8.73. The fraction of sp³-hybridized carbons (Fsp3) is 0.217. The third-order valence-corrected chi connectivity index (χ3v) is 6.05. The summed E-state index contributed by atoms with van der Waals surface area (Å²) in [7, 11) is 1.58. The van der Waals surface area contributed by atoms with E-state index in [9.17, 15) is 9.59 Å². The number of nitrogens with zero attached hydrogens (tertiary/aromatic N) is 3. The molecule has 1 heterocycles. The zero-order valence-electron chi connectivity index (χ0n) is 18.1. The van der Waals surface area contributed by atoms with Crippen LogP contribution in [0.4, 0.5) is 5.69 Å². The van der Waals surface area contributed by atoms with E-state index in [1.807, 2.05) is 28.8 Å². The van der Waals surface area contributed by atoms with Crippen LogP contribution in [0.15, 0.2) is 70.8 Å². The molecule has 0 aliphatic heterocycles. The molecule has 0 spiro atoms. The molecule has 3 aromatic rings. The van der Waals surface area contributed by atoms with Crippen molar-refractivity contribution in [1.82, 2.24) is 20.1 Å². The van der Waals surface area contributed by atoms with Crippen molar-refractivity contribution in [3.63, 3.8) is 0 Å². The summed E-state index contributed by atoms with van der Waals surface area (Å²) >= 11 is 4.67. The number of halogens is 1. The first-order valence-corrected chi connectivity index (χ1v) is 11.9. The number of amides is 2. The van der Waals surface area contributed by atoms with Crippen molar-refractivity contribution in [1.29, 1.82) is 0 Å². The van der Waals surface area contributed by atoms with Crippen LogP contribution < -0.4 is 15.4 Å². The van der Waals surface area contributed by atoms with E-state index in [2.05, 4.69) is 43.3 Å². The lowest BCUT2D eigenvalue weighted by atomic mass is 10.2. The Morgan fingerprint density at radius 2 is 1.88 bits per heavy atom. The first kappa shape index (κ1) is 24.5. The summed E-state index contributed by atoms with van der Waals surface area (Å²) in [6, 6.07) is 14.3. The van der Waals surface area contributed by atoms with Gasteiger partial charge in [0.2, 0.25) is 5.91 Å². The van der Waals surface area contributed by atoms with Crippen molar-refractivity contribution < 1.29 is 14.3 Å². The monoisotopic (exact) mass is 529 g/mol. The van der Waals surface area contributed by atoms with Crippen LogP contribution in [-0.2, 0) is 17.8 Å². The fourth-order valence-electron chi connectivity index (χ4n) is 2.92. The van der Waals surface area contributed by atoms with Crippen LogP contribution in [0, 0.1) is 0 Å². The number of anilines is 1. The molecule has 0 radical (unpaired) electrons. The Balaban J connectivity index is 1.53. The number of carbonyl (C=O) groups excluding carboxylic acids is 2. The summed E-state index contributed by atoms with van der Waals surface area (Å²) in [5.74, 6) is 1.29. The van der Waals surface area contributed by atoms with Crippen LogP contribution in [0.3, 0.4) is 0 Å². The highest BCUT2D eigenvalue weighted by molar-refractivity contribution is 9.10. The molecule has 3 rings (SSSR count). The Morgan fingerprint density at radius 1 is 1.15 bits per heavy atom. The minimum Gasteiger partial charge on any atom is -0.497 e. The molecular formula is C23H24BrN5O3S. The van der Waals surface area contributed by atoms with Gasteiger partial charge in [0.1, 0.15) is 11.6 Å². The summed E-state index contributed by atoms with van der Waals surface area (Å²) < 4.78 is 7.95. The average Bonchev–Trinajstić information content (AvgIpc) is 3.21. The molecule has 0 saturated heterocycles. The number of nitrogens with one attached hydrogen (secondary N) is 2. The van der Waals surface area contributed by atoms with Gasteiger partial charge in [0, 0.05) is 35.2 Å². The lowest BCUT2D eigenvalue weighted by molar-refractivity contribution is -0.113. The second kappa shape index (κ2) is 12.2. The van der Waals surface area contributed by atoms with E-state index in [1.54, 1.807) is 37.5 Å². The van der Waals surface area contributed by atoms with Gasteiger partial charge in [0.05, 0.1) is 12.9 Å². The van der Waals surface area contributed by atoms with E-state index >= 15 is 0 Å². The number of allylic oxidation sites excluding steroid dienone is 1. The largest absolute Gasteiger partial charge is 0.497 e. The third-order valence-electron chi connectivity index (χ3n) is 4.55. The molecule has 0 fully saturated rings. The number of rotatable bonds is 11. The Morgan fingerprint density at radius 3 is 2.55 bits per heavy atom. The van der Waals surface area contributed by atoms with E-state index in [0.717, 1.165) is 10.2 Å². The van der Waals surface area contributed by atoms with Crippen LogP contribution in [-0.4, -0.2) is 46.0 Å². The topological polar surface area (TPSA) is 98.1 Å². The number of ether oxygens (including phenoxy) is 1. The van der Waals surface area contributed by atoms with Crippen LogP contribution in [0.5, 0.6) is 5.75 Å². The fourth-order valence-corrected chi connectivity index (χ4v) is 3.95. The molecule has 2 N–H and O–H groups in total. The predicted octanol–water partition coefficient (Wildman–Crippen LogP) is 3.94. The average molecular weight is 530 g/mol. The zero-order chi connectivity index (χ0) is 23.6. The standard InChI is InChI=1S/C23H24BrN5O3S/c1-3-14-29-20(12-13-25-22(31)16-4-10-19(32-2)11-5-16)27-28-23(29)33-15-21(30)26-18-8-6-17(24)7-9-18/h3-11H,1,12-15H2,2H3,(H,25,31)(H,26,30). The van der Waals surface area contributed by atoms with Gasteiger partial charge in [-0.1, -0.05) is 33.8 Å². The number of aromatic nitrogens is 3. The lowest BCUT2D eigenvalue weighted by Gasteiger charge is -2.09. The zero-order valence-corrected chi connectivity index (χ0v) is 20.5. The summed E-state index contributed by atoms with van der Waals surface area (Å²) in [6.45, 7) is 4.69. The van der Waals surface area contributed by atoms with Crippen LogP contribution >= 0.6 is 27.7 Å². The minimum absolute atomic E-state index is 0.135. The molecular weight excluding hydrogens is 506 g/mol. The SMILES string of the molecule is C=CCn1c(CCNC(=O)c2ccc(OC)cc2)nnc1SCC(=O)Nc1ccc(Br)cc1. The molecule has 0 saturated carbocycles. The van der Waals surface area contributed by atoms with Crippen LogP contribution in [0.25, 0.3) is 0 Å². The lowest BCUT2D eigenvalue weighted by Crippen LogP contribution is -2.26. The molecule has 2 amide bonds. The third kappa shape index (κ3) is 7.19. The van der Waals surface area contributed by atoms with Crippen LogP contribution in [0.2, 0.25) is 0 Å². The summed E-state index contributed by atoms with van der Waals surface area (Å²) in [5.41, 5.74) is 1.28. The Labute approximate surface area is 204 Å². The smallest absolute Gasteiger partial charge is 0.251 e. The Bertz CT molecular complexity index is 1100. The maximum Gasteiger partial charge on any atom is 0.251 e. The van der Waals surface area contributed by atoms with Gasteiger partial charge in [0.15, 0.2) is 5.16 Å². The first-order valence-electron chi connectivity index (χ1n) is 10.1. The van der Waals surface area contributed by atoms with E-state index in [4.69, 9.17) is 4.74 Å². The molecule has 0 aliphatic rings. The van der Waals surface area contributed by atoms with Crippen molar-refractivity contribution >= 4 is 45.2 Å². The number of carbonyl (C=O) groups is 2. The molecule has 33 heavy (non-hydrogen) atoms. The number of methoxy groups -OCH3 is 1. The van der Waals surface area contributed by atoms with E-state index in [-0.39, 0.29) is 17.6 Å². The summed E-state index contributed by atoms with van der Waals surface area (Å²) in [4.78, 5) is 24.6. The van der Waals surface area contributed by atoms with Gasteiger partial charge >= 0.3 is 0 Å². The van der Waals surface area contributed by atoms with E-state index < -0.39 is 0 Å². The maximum absolute atomic E-state index is 12.3. The highest BCUT2D eigenvalue weighted by Crippen LogP contribution is 2.19. The quantitative estimate of drug-likeness (QED) is 0.288. The van der Waals surface area contributed by atoms with E-state index in [1.165, 1.54) is 11.8 Å². The van der Waals surface area contributed by atoms with Gasteiger partial charge in [-0.25, -0.2) is 0 Å². The molecule has 0 bridgehead atoms. The number of hydrogen-bond acceptors (Lipinski definition) is 6. The van der Waals surface area contributed by atoms with Gasteiger partial charge in [-0.15, -0.1) is 16.8 Å². The van der Waals surface area contributed by atoms with Crippen molar-refractivity contribution in [3.05, 3.63) is 77.0 Å². The normalized spacial score (nSPS) is 10.5. The highest BCUT2D eigenvalue weighted by atomic mass is 79.9. The summed E-state index contributed by atoms with van der Waals surface area (Å²) in [6.07, 6.45) is 2.24. The van der Waals surface area contributed by atoms with Crippen molar-refractivity contribution in [3.8, 4) is 5.75 Å². The van der Waals surface area contributed by atoms with Crippen molar-refractivity contribution in [2.75, 3.05) is 24.7 Å². The van der Waals surface area contributed by atoms with Gasteiger partial charge in [-0.3, -0.25) is 9.59 Å². The number of benzene rings is 2. The van der Waals surface area contributed by atoms with Gasteiger partial charge in [-0.2, -0.15) is 0 Å². The predicted molar refractivity (Wildman–Crippen MR) is 133 cm³/mol. The minimum atomic E-state index is -0.174. The second-order valence-electron chi connectivity index (χ2n) is 6.88. The van der Waals surface area contributed by atoms with Crippen molar-refractivity contribution in [2.45, 2.75) is 18.1 Å². The molecule has 0 aliphatic carbocycles. The Kier molecular flexibility index (Phi) is 9.08. The van der Waals surface area contributed by atoms with Gasteiger partial charge < -0.3 is 19.9 Å². The highest BCUT2D eigenvalue weighted by Gasteiger charge is 2.14. The summed E-state index contributed by atoms with van der Waals surface area (Å²) in [5, 5.41) is 14.8. The molecule has 1 aromatic heterocycles. The maximum atomic E-state index is 12.3. The van der Waals surface area contributed by atoms with Crippen LogP contribution in [0.1, 0.15) is 16.2 Å². The first-order chi connectivity index (χ1) is 16.0. The molecule has 0 atom stereocenters. The van der Waals surface area contributed by atoms with Gasteiger partial charge in [-0.05, 0) is 48.5 Å². The number of thioether (sulfide) groups is 1. The molecule has 2 aromatic carbocycles. The van der Waals surface area contributed by atoms with E-state index in [0.29, 0.717) is 41.8 Å². The number of hydrogen-bond donors (Lipinski definition) is 2. The molecule has 8 nitrogen and oxygen atoms in total. The van der Waals surface area contributed by atoms with Gasteiger partial charge in [0.25, 0.3) is 5.91 Å².